The molecule has 2 N–H and O–H groups in total. The summed E-state index contributed by atoms with van der Waals surface area (Å²) in [5.41, 5.74) is 2.36. The fourth-order valence-corrected chi connectivity index (χ4v) is 4.73. The molecule has 1 atom stereocenters. The Labute approximate surface area is 200 Å². The topological polar surface area (TPSA) is 59.1 Å². The summed E-state index contributed by atoms with van der Waals surface area (Å²) in [7, 11) is 0. The van der Waals surface area contributed by atoms with Gasteiger partial charge in [-0.3, -0.25) is 0 Å². The first-order valence-electron chi connectivity index (χ1n) is 10.5. The number of hydrogen-bond acceptors (Lipinski definition) is 6. The van der Waals surface area contributed by atoms with E-state index in [2.05, 4.69) is 32.4 Å². The van der Waals surface area contributed by atoms with Gasteiger partial charge in [-0.2, -0.15) is 0 Å². The second-order valence-electron chi connectivity index (χ2n) is 7.70. The fourth-order valence-electron chi connectivity index (χ4n) is 3.58. The van der Waals surface area contributed by atoms with E-state index < -0.39 is 0 Å². The van der Waals surface area contributed by atoms with Crippen LogP contribution in [-0.2, 0) is 6.61 Å². The zero-order valence-corrected chi connectivity index (χ0v) is 19.1. The van der Waals surface area contributed by atoms with Crippen molar-refractivity contribution < 1.29 is 9.13 Å². The third-order valence-electron chi connectivity index (χ3n) is 5.25. The highest BCUT2D eigenvalue weighted by molar-refractivity contribution is 7.20. The third kappa shape index (κ3) is 5.25. The minimum absolute atomic E-state index is 0.229. The van der Waals surface area contributed by atoms with Crippen LogP contribution in [0.15, 0.2) is 54.9 Å². The molecule has 3 heterocycles. The molecule has 2 aromatic heterocycles. The van der Waals surface area contributed by atoms with E-state index in [0.717, 1.165) is 45.9 Å². The smallest absolute Gasteiger partial charge is 0.151 e. The number of nitrogens with one attached hydrogen (secondary N) is 2. The lowest BCUT2D eigenvalue weighted by Gasteiger charge is -2.11. The Bertz CT molecular complexity index is 1360. The van der Waals surface area contributed by atoms with Crippen LogP contribution in [0, 0.1) is 23.6 Å². The van der Waals surface area contributed by atoms with Crippen LogP contribution in [-0.4, -0.2) is 23.1 Å². The number of thiophene rings is 1. The van der Waals surface area contributed by atoms with Crippen LogP contribution in [0.4, 0.5) is 15.9 Å². The van der Waals surface area contributed by atoms with Gasteiger partial charge in [0.1, 0.15) is 24.5 Å². The first-order valence-corrected chi connectivity index (χ1v) is 11.7. The maximum absolute atomic E-state index is 13.3. The van der Waals surface area contributed by atoms with Gasteiger partial charge in [-0.05, 0) is 54.9 Å². The lowest BCUT2D eigenvalue weighted by atomic mass is 10.1. The zero-order chi connectivity index (χ0) is 22.6. The number of ether oxygens (including phenoxy) is 1. The summed E-state index contributed by atoms with van der Waals surface area (Å²) < 4.78 is 20.0. The number of nitrogens with zero attached hydrogens (tertiary/aromatic N) is 2. The van der Waals surface area contributed by atoms with Crippen molar-refractivity contribution in [2.45, 2.75) is 13.0 Å². The predicted molar refractivity (Wildman–Crippen MR) is 131 cm³/mol. The quantitative estimate of drug-likeness (QED) is 0.357. The Hall–Kier alpha value is -3.18. The van der Waals surface area contributed by atoms with Gasteiger partial charge in [0.25, 0.3) is 0 Å². The molecule has 1 aliphatic rings. The summed E-state index contributed by atoms with van der Waals surface area (Å²) in [5.74, 6) is 7.96. The first-order chi connectivity index (χ1) is 16.1. The molecule has 0 bridgehead atoms. The van der Waals surface area contributed by atoms with E-state index in [1.807, 2.05) is 12.1 Å². The average molecular weight is 479 g/mol. The number of benzene rings is 2. The summed E-state index contributed by atoms with van der Waals surface area (Å²) >= 11 is 8.00. The third-order valence-corrected chi connectivity index (χ3v) is 6.59. The van der Waals surface area contributed by atoms with Crippen LogP contribution >= 0.6 is 22.9 Å². The molecule has 0 amide bonds. The van der Waals surface area contributed by atoms with Crippen molar-refractivity contribution in [3.63, 3.8) is 0 Å². The second kappa shape index (κ2) is 9.75. The van der Waals surface area contributed by atoms with Crippen molar-refractivity contribution in [2.24, 2.45) is 5.92 Å². The van der Waals surface area contributed by atoms with Crippen molar-refractivity contribution in [1.29, 1.82) is 0 Å². The molecule has 4 aromatic rings. The fraction of sp³-hybridized carbons (Fsp3) is 0.200. The Morgan fingerprint density at radius 1 is 1.21 bits per heavy atom. The van der Waals surface area contributed by atoms with Crippen LogP contribution in [0.1, 0.15) is 16.9 Å². The summed E-state index contributed by atoms with van der Waals surface area (Å²) in [5, 5.41) is 7.10. The van der Waals surface area contributed by atoms with Gasteiger partial charge in [-0.25, -0.2) is 14.4 Å². The molecule has 0 aliphatic carbocycles. The second-order valence-corrected chi connectivity index (χ2v) is 9.15. The molecule has 2 aromatic carbocycles. The molecule has 0 radical (unpaired) electrons. The molecule has 8 heteroatoms. The summed E-state index contributed by atoms with van der Waals surface area (Å²) in [4.78, 5) is 9.76. The van der Waals surface area contributed by atoms with Gasteiger partial charge < -0.3 is 15.4 Å². The molecule has 0 saturated carbocycles. The highest BCUT2D eigenvalue weighted by Gasteiger charge is 2.12. The van der Waals surface area contributed by atoms with Crippen molar-refractivity contribution in [1.82, 2.24) is 15.3 Å². The first kappa shape index (κ1) is 21.7. The largest absolute Gasteiger partial charge is 0.487 e. The van der Waals surface area contributed by atoms with Crippen molar-refractivity contribution in [3.8, 4) is 17.6 Å². The van der Waals surface area contributed by atoms with E-state index >= 15 is 0 Å². The normalized spacial score (nSPS) is 15.3. The van der Waals surface area contributed by atoms with E-state index in [1.165, 1.54) is 18.5 Å². The molecule has 1 aliphatic heterocycles. The van der Waals surface area contributed by atoms with Crippen LogP contribution in [0.25, 0.3) is 10.2 Å². The Kier molecular flexibility index (Phi) is 6.40. The van der Waals surface area contributed by atoms with Crippen molar-refractivity contribution >= 4 is 44.7 Å². The maximum Gasteiger partial charge on any atom is 0.151 e. The zero-order valence-electron chi connectivity index (χ0n) is 17.6. The van der Waals surface area contributed by atoms with Gasteiger partial charge in [0.2, 0.25) is 0 Å². The van der Waals surface area contributed by atoms with Crippen LogP contribution in [0.2, 0.25) is 5.02 Å². The van der Waals surface area contributed by atoms with E-state index in [4.69, 9.17) is 16.3 Å². The van der Waals surface area contributed by atoms with Gasteiger partial charge in [0.15, 0.2) is 5.82 Å². The monoisotopic (exact) mass is 478 g/mol. The molecule has 1 fully saturated rings. The lowest BCUT2D eigenvalue weighted by molar-refractivity contribution is 0.306. The van der Waals surface area contributed by atoms with Crippen LogP contribution < -0.4 is 15.4 Å². The maximum atomic E-state index is 13.3. The molecule has 1 saturated heterocycles. The molecule has 5 rings (SSSR count). The van der Waals surface area contributed by atoms with Crippen LogP contribution in [0.5, 0.6) is 5.75 Å². The minimum atomic E-state index is -0.295. The van der Waals surface area contributed by atoms with E-state index in [9.17, 15) is 4.39 Å². The Morgan fingerprint density at radius 3 is 2.97 bits per heavy atom. The molecular weight excluding hydrogens is 459 g/mol. The number of aromatic nitrogens is 2. The molecule has 1 unspecified atom stereocenters. The number of fused-ring (bicyclic) bond motifs is 1. The number of rotatable bonds is 5. The number of anilines is 2. The molecule has 166 valence electrons. The molecule has 0 spiro atoms. The predicted octanol–water partition coefficient (Wildman–Crippen LogP) is 5.77. The Morgan fingerprint density at radius 2 is 2.15 bits per heavy atom. The number of halogens is 2. The summed E-state index contributed by atoms with van der Waals surface area (Å²) in [6, 6.07) is 13.7. The minimum Gasteiger partial charge on any atom is -0.487 e. The van der Waals surface area contributed by atoms with Gasteiger partial charge in [0, 0.05) is 18.2 Å². The van der Waals surface area contributed by atoms with Gasteiger partial charge in [-0.15, -0.1) is 11.3 Å². The van der Waals surface area contributed by atoms with Gasteiger partial charge >= 0.3 is 0 Å². The standard InChI is InChI=1S/C25H20ClFN4OS/c26-21-11-19(5-7-23(21)32-14-17-2-1-3-18(27)10-17)31-25-24-22(29-15-30-25)12-20(33-24)6-4-16-8-9-28-13-16/h1-3,5,7,10-12,15-16,28H,8-9,13-14H2,(H,29,30,31). The highest BCUT2D eigenvalue weighted by atomic mass is 35.5. The number of hydrogen-bond donors (Lipinski definition) is 2. The average Bonchev–Trinajstić information content (AvgIpc) is 3.47. The highest BCUT2D eigenvalue weighted by Crippen LogP contribution is 2.33. The lowest BCUT2D eigenvalue weighted by Crippen LogP contribution is -2.07. The van der Waals surface area contributed by atoms with Gasteiger partial charge in [-0.1, -0.05) is 35.6 Å². The molecular formula is C25H20ClFN4OS. The van der Waals surface area contributed by atoms with E-state index in [1.54, 1.807) is 35.6 Å². The van der Waals surface area contributed by atoms with Crippen LogP contribution in [0.3, 0.4) is 0 Å². The van der Waals surface area contributed by atoms with E-state index in [0.29, 0.717) is 22.5 Å². The summed E-state index contributed by atoms with van der Waals surface area (Å²) in [6.07, 6.45) is 2.63. The molecule has 33 heavy (non-hydrogen) atoms. The molecule has 5 nitrogen and oxygen atoms in total. The van der Waals surface area contributed by atoms with E-state index in [-0.39, 0.29) is 12.4 Å². The summed E-state index contributed by atoms with van der Waals surface area (Å²) in [6.45, 7) is 2.21. The SMILES string of the molecule is Fc1cccc(COc2ccc(Nc3ncnc4cc(C#CC5CCNC5)sc34)cc2Cl)c1. The Balaban J connectivity index is 1.31. The van der Waals surface area contributed by atoms with Crippen molar-refractivity contribution in [3.05, 3.63) is 76.1 Å². The van der Waals surface area contributed by atoms with Gasteiger partial charge in [0.05, 0.1) is 20.1 Å². The van der Waals surface area contributed by atoms with Crippen molar-refractivity contribution in [2.75, 3.05) is 18.4 Å².